The Kier molecular flexibility index (Phi) is 8.71. The largest absolute Gasteiger partial charge is 0.493 e. The van der Waals surface area contributed by atoms with Crippen molar-refractivity contribution in [2.75, 3.05) is 27.4 Å². The van der Waals surface area contributed by atoms with E-state index in [1.54, 1.807) is 43.4 Å². The monoisotopic (exact) mass is 793 g/mol. The van der Waals surface area contributed by atoms with E-state index in [2.05, 4.69) is 4.98 Å². The smallest absolute Gasteiger partial charge is 0.347 e. The number of carbonyl (C=O) groups is 2. The maximum Gasteiger partial charge on any atom is 0.347 e. The molecule has 2 aromatic carbocycles. The van der Waals surface area contributed by atoms with Crippen LogP contribution in [0.4, 0.5) is 0 Å². The lowest BCUT2D eigenvalue weighted by Crippen LogP contribution is -2.40. The van der Waals surface area contributed by atoms with Gasteiger partial charge >= 0.3 is 11.4 Å². The van der Waals surface area contributed by atoms with Crippen molar-refractivity contribution in [2.24, 2.45) is 7.05 Å². The van der Waals surface area contributed by atoms with E-state index in [0.717, 1.165) is 10.1 Å². The Morgan fingerprint density at radius 1 is 1.00 bits per heavy atom. The lowest BCUT2D eigenvalue weighted by molar-refractivity contribution is -0.115. The van der Waals surface area contributed by atoms with Crippen LogP contribution in [0.1, 0.15) is 29.6 Å². The molecule has 0 saturated carbocycles. The fourth-order valence-corrected chi connectivity index (χ4v) is 7.67. The number of hydrogen-bond acceptors (Lipinski definition) is 10. The maximum atomic E-state index is 14.1. The zero-order valence-electron chi connectivity index (χ0n) is 27.3. The Hall–Kier alpha value is -5.03. The third kappa shape index (κ3) is 5.35. The van der Waals surface area contributed by atoms with Gasteiger partial charge in [-0.25, -0.2) is 28.5 Å². The molecule has 2 aromatic heterocycles. The van der Waals surface area contributed by atoms with Gasteiger partial charge in [0.05, 0.1) is 48.0 Å². The Morgan fingerprint density at radius 2 is 1.72 bits per heavy atom. The molecule has 50 heavy (non-hydrogen) atoms. The molecular formula is C35H32IN5O9. The number of methoxy groups -OCH3 is 2. The zero-order valence-corrected chi connectivity index (χ0v) is 29.5. The highest BCUT2D eigenvalue weighted by molar-refractivity contribution is 14.1. The van der Waals surface area contributed by atoms with Crippen LogP contribution in [0.3, 0.4) is 0 Å². The first-order chi connectivity index (χ1) is 24.1. The standard InChI is InChI=1S/C35H32IN5O9/c1-38-26-17-29(49-3)28(48-2)16-24(26)37-23(33(38)45)9-10-39-34(46)40-11-8-20-25(41(40)35(39)47)14-21-27(43)15-22(36)32(44)31(21)30(20)18-4-6-19(7-5-18)50-13-12-42/h4-8,15-17,25,30,42H,9-14H2,1-3H3. The van der Waals surface area contributed by atoms with Crippen molar-refractivity contribution in [3.05, 3.63) is 111 Å². The second-order valence-corrected chi connectivity index (χ2v) is 13.3. The van der Waals surface area contributed by atoms with Crippen LogP contribution in [0.15, 0.2) is 83.2 Å². The molecule has 258 valence electrons. The fraction of sp³-hybridized carbons (Fsp3) is 0.314. The summed E-state index contributed by atoms with van der Waals surface area (Å²) in [4.78, 5) is 72.7. The Labute approximate surface area is 297 Å². The molecule has 2 aliphatic carbocycles. The first kappa shape index (κ1) is 33.5. The minimum Gasteiger partial charge on any atom is -0.493 e. The molecule has 2 atom stereocenters. The molecule has 0 spiro atoms. The van der Waals surface area contributed by atoms with Crippen LogP contribution in [0.2, 0.25) is 0 Å². The number of allylic oxidation sites excluding steroid dienone is 6. The number of nitrogens with zero attached hydrogens (tertiary/aromatic N) is 5. The van der Waals surface area contributed by atoms with Gasteiger partial charge in [-0.2, -0.15) is 0 Å². The lowest BCUT2D eigenvalue weighted by Gasteiger charge is -2.39. The van der Waals surface area contributed by atoms with Crippen LogP contribution in [0.25, 0.3) is 11.0 Å². The molecule has 1 N–H and O–H groups in total. The van der Waals surface area contributed by atoms with Crippen molar-refractivity contribution in [3.63, 3.8) is 0 Å². The first-order valence-corrected chi connectivity index (χ1v) is 16.9. The number of aromatic nitrogens is 5. The van der Waals surface area contributed by atoms with Crippen LogP contribution in [-0.2, 0) is 36.1 Å². The number of Topliss-reactive ketones (excluding diaryl/α,β-unsaturated/α-hetero) is 1. The first-order valence-electron chi connectivity index (χ1n) is 15.8. The Balaban J connectivity index is 1.27. The quantitative estimate of drug-likeness (QED) is 0.151. The number of benzene rings is 2. The van der Waals surface area contributed by atoms with Gasteiger partial charge in [-0.05, 0) is 45.9 Å². The normalized spacial score (nSPS) is 18.3. The predicted molar refractivity (Wildman–Crippen MR) is 189 cm³/mol. The average Bonchev–Trinajstić information content (AvgIpc) is 3.37. The summed E-state index contributed by atoms with van der Waals surface area (Å²) >= 11 is 1.88. The molecule has 0 saturated heterocycles. The van der Waals surface area contributed by atoms with Gasteiger partial charge in [0.25, 0.3) is 5.56 Å². The molecule has 15 heteroatoms. The van der Waals surface area contributed by atoms with Crippen LogP contribution in [-0.4, -0.2) is 67.6 Å². The van der Waals surface area contributed by atoms with E-state index in [4.69, 9.17) is 19.3 Å². The van der Waals surface area contributed by atoms with Crippen LogP contribution in [0.5, 0.6) is 17.2 Å². The number of aryl methyl sites for hydroxylation is 2. The number of hydrogen-bond donors (Lipinski definition) is 1. The number of ketones is 2. The molecule has 0 fully saturated rings. The minimum absolute atomic E-state index is 0.0000828. The highest BCUT2D eigenvalue weighted by atomic mass is 127. The van der Waals surface area contributed by atoms with Crippen LogP contribution < -0.4 is 31.1 Å². The van der Waals surface area contributed by atoms with E-state index in [1.165, 1.54) is 34.2 Å². The summed E-state index contributed by atoms with van der Waals surface area (Å²) < 4.78 is 21.8. The van der Waals surface area contributed by atoms with Crippen LogP contribution >= 0.6 is 22.6 Å². The van der Waals surface area contributed by atoms with Crippen molar-refractivity contribution in [2.45, 2.75) is 37.9 Å². The van der Waals surface area contributed by atoms with E-state index in [1.807, 2.05) is 28.7 Å². The van der Waals surface area contributed by atoms with Crippen molar-refractivity contribution in [1.29, 1.82) is 0 Å². The topological polar surface area (TPSA) is 166 Å². The molecule has 0 radical (unpaired) electrons. The number of aliphatic hydroxyl groups is 1. The summed E-state index contributed by atoms with van der Waals surface area (Å²) in [6.07, 6.45) is 3.22. The van der Waals surface area contributed by atoms with Gasteiger partial charge < -0.3 is 23.9 Å². The molecular weight excluding hydrogens is 761 g/mol. The lowest BCUT2D eigenvalue weighted by atomic mass is 9.69. The van der Waals surface area contributed by atoms with E-state index in [-0.39, 0.29) is 62.0 Å². The minimum atomic E-state index is -0.714. The SMILES string of the molecule is COc1cc2nc(CCn3c(=O)n4n(c3=O)C3CC5=C(C(=O)C(I)=CC5=O)C(c5ccc(OCCO)cc5)C3=CC4)c(=O)n(C)c2cc1OC. The van der Waals surface area contributed by atoms with Crippen molar-refractivity contribution < 1.29 is 28.9 Å². The second kappa shape index (κ2) is 13.0. The molecule has 0 bridgehead atoms. The Bertz CT molecular complexity index is 2380. The zero-order chi connectivity index (χ0) is 35.4. The number of fused-ring (bicyclic) bond motifs is 4. The van der Waals surface area contributed by atoms with Gasteiger partial charge in [-0.15, -0.1) is 0 Å². The van der Waals surface area contributed by atoms with E-state index < -0.39 is 23.3 Å². The van der Waals surface area contributed by atoms with Gasteiger partial charge in [0.2, 0.25) is 0 Å². The summed E-state index contributed by atoms with van der Waals surface area (Å²) in [6.45, 7) is -0.0731. The number of carbonyl (C=O) groups excluding carboxylic acids is 2. The second-order valence-electron chi connectivity index (χ2n) is 12.1. The summed E-state index contributed by atoms with van der Waals surface area (Å²) in [5.41, 5.74) is 1.76. The maximum absolute atomic E-state index is 14.1. The number of aliphatic hydroxyl groups excluding tert-OH is 1. The van der Waals surface area contributed by atoms with Gasteiger partial charge in [-0.1, -0.05) is 18.2 Å². The molecule has 3 aliphatic rings. The predicted octanol–water partition coefficient (Wildman–Crippen LogP) is 2.13. The number of ether oxygens (including phenoxy) is 3. The van der Waals surface area contributed by atoms with E-state index in [9.17, 15) is 24.0 Å². The van der Waals surface area contributed by atoms with Gasteiger partial charge in [-0.3, -0.25) is 14.4 Å². The average molecular weight is 794 g/mol. The third-order valence-electron chi connectivity index (χ3n) is 9.47. The summed E-state index contributed by atoms with van der Waals surface area (Å²) in [5.74, 6) is 0.199. The molecule has 3 heterocycles. The molecule has 1 aliphatic heterocycles. The molecule has 2 unspecified atom stereocenters. The molecule has 7 rings (SSSR count). The highest BCUT2D eigenvalue weighted by Crippen LogP contribution is 2.50. The number of rotatable bonds is 9. The molecule has 0 amide bonds. The van der Waals surface area contributed by atoms with Crippen molar-refractivity contribution >= 4 is 45.2 Å². The summed E-state index contributed by atoms with van der Waals surface area (Å²) in [5, 5.41) is 9.14. The Morgan fingerprint density at radius 3 is 2.42 bits per heavy atom. The summed E-state index contributed by atoms with van der Waals surface area (Å²) in [7, 11) is 4.61. The van der Waals surface area contributed by atoms with Crippen molar-refractivity contribution in [1.82, 2.24) is 23.5 Å². The third-order valence-corrected chi connectivity index (χ3v) is 10.3. The van der Waals surface area contributed by atoms with Gasteiger partial charge in [0, 0.05) is 61.7 Å². The van der Waals surface area contributed by atoms with E-state index >= 15 is 0 Å². The van der Waals surface area contributed by atoms with E-state index in [0.29, 0.717) is 48.6 Å². The van der Waals surface area contributed by atoms with Gasteiger partial charge in [0.1, 0.15) is 18.1 Å². The molecule has 4 aromatic rings. The number of halogens is 1. The van der Waals surface area contributed by atoms with Crippen molar-refractivity contribution in [3.8, 4) is 17.2 Å². The fourth-order valence-electron chi connectivity index (χ4n) is 7.10. The summed E-state index contributed by atoms with van der Waals surface area (Å²) in [6, 6.07) is 9.66. The highest BCUT2D eigenvalue weighted by Gasteiger charge is 2.45. The van der Waals surface area contributed by atoms with Crippen LogP contribution in [0, 0.1) is 0 Å². The van der Waals surface area contributed by atoms with Gasteiger partial charge in [0.15, 0.2) is 23.1 Å². The molecule has 14 nitrogen and oxygen atoms in total.